The van der Waals surface area contributed by atoms with E-state index in [0.29, 0.717) is 0 Å². The van der Waals surface area contributed by atoms with Crippen LogP contribution in [-0.4, -0.2) is 18.3 Å². The zero-order valence-corrected chi connectivity index (χ0v) is 20.6. The maximum absolute atomic E-state index is 6.39. The van der Waals surface area contributed by atoms with Gasteiger partial charge >= 0.3 is 7.12 Å². The fourth-order valence-corrected chi connectivity index (χ4v) is 6.63. The van der Waals surface area contributed by atoms with Gasteiger partial charge in [-0.1, -0.05) is 72.8 Å². The quantitative estimate of drug-likeness (QED) is 0.184. The average Bonchev–Trinajstić information content (AvgIpc) is 3.31. The van der Waals surface area contributed by atoms with Crippen molar-refractivity contribution in [3.8, 4) is 0 Å². The Morgan fingerprint density at radius 3 is 1.88 bits per heavy atom. The maximum Gasteiger partial charge on any atom is 0.494 e. The molecular formula is C30H25BO2S. The lowest BCUT2D eigenvalue weighted by Crippen LogP contribution is -2.41. The van der Waals surface area contributed by atoms with Crippen molar-refractivity contribution < 1.29 is 9.31 Å². The van der Waals surface area contributed by atoms with Gasteiger partial charge in [0, 0.05) is 25.6 Å². The van der Waals surface area contributed by atoms with Crippen LogP contribution in [0.1, 0.15) is 27.7 Å². The fraction of sp³-hybridized carbons (Fsp3) is 0.200. The van der Waals surface area contributed by atoms with Crippen LogP contribution in [-0.2, 0) is 9.31 Å². The minimum Gasteiger partial charge on any atom is -0.399 e. The summed E-state index contributed by atoms with van der Waals surface area (Å²) in [6.45, 7) is 8.43. The number of hydrogen-bond donors (Lipinski definition) is 0. The van der Waals surface area contributed by atoms with Gasteiger partial charge in [-0.15, -0.1) is 11.3 Å². The van der Waals surface area contributed by atoms with Crippen molar-refractivity contribution in [2.45, 2.75) is 38.9 Å². The molecule has 0 bridgehead atoms. The fourth-order valence-electron chi connectivity index (χ4n) is 5.36. The molecule has 0 amide bonds. The first kappa shape index (κ1) is 20.5. The Balaban J connectivity index is 1.58. The van der Waals surface area contributed by atoms with E-state index in [9.17, 15) is 0 Å². The second kappa shape index (κ2) is 6.82. The minimum atomic E-state index is -0.371. The lowest BCUT2D eigenvalue weighted by atomic mass is 9.77. The third-order valence-electron chi connectivity index (χ3n) is 7.89. The molecule has 5 aromatic carbocycles. The van der Waals surface area contributed by atoms with Crippen molar-refractivity contribution in [1.29, 1.82) is 0 Å². The molecule has 6 aromatic rings. The average molecular weight is 460 g/mol. The lowest BCUT2D eigenvalue weighted by Gasteiger charge is -2.32. The second-order valence-corrected chi connectivity index (χ2v) is 11.5. The summed E-state index contributed by atoms with van der Waals surface area (Å²) < 4.78 is 15.5. The highest BCUT2D eigenvalue weighted by Crippen LogP contribution is 2.44. The van der Waals surface area contributed by atoms with Crippen LogP contribution < -0.4 is 5.46 Å². The third kappa shape index (κ3) is 2.71. The zero-order chi connectivity index (χ0) is 23.2. The van der Waals surface area contributed by atoms with E-state index in [-0.39, 0.29) is 18.3 Å². The number of fused-ring (bicyclic) bond motifs is 10. The van der Waals surface area contributed by atoms with Gasteiger partial charge in [0.15, 0.2) is 0 Å². The second-order valence-electron chi connectivity index (χ2n) is 10.4. The summed E-state index contributed by atoms with van der Waals surface area (Å²) in [7, 11) is -0.371. The molecule has 34 heavy (non-hydrogen) atoms. The van der Waals surface area contributed by atoms with Gasteiger partial charge in [0.2, 0.25) is 0 Å². The van der Waals surface area contributed by atoms with Crippen LogP contribution in [0.4, 0.5) is 0 Å². The first-order valence-electron chi connectivity index (χ1n) is 11.9. The van der Waals surface area contributed by atoms with Gasteiger partial charge in [-0.2, -0.15) is 0 Å². The third-order valence-corrected chi connectivity index (χ3v) is 9.10. The lowest BCUT2D eigenvalue weighted by molar-refractivity contribution is 0.00578. The van der Waals surface area contributed by atoms with Gasteiger partial charge in [0.1, 0.15) is 0 Å². The molecule has 0 atom stereocenters. The summed E-state index contributed by atoms with van der Waals surface area (Å²) >= 11 is 1.89. The van der Waals surface area contributed by atoms with Crippen molar-refractivity contribution >= 4 is 76.4 Å². The summed E-state index contributed by atoms with van der Waals surface area (Å²) in [5, 5.41) is 10.4. The minimum absolute atomic E-state index is 0.360. The van der Waals surface area contributed by atoms with Crippen LogP contribution in [0.3, 0.4) is 0 Å². The first-order valence-corrected chi connectivity index (χ1v) is 12.7. The predicted octanol–water partition coefficient (Wildman–Crippen LogP) is 7.81. The SMILES string of the molecule is CC1(C)OB(c2ccc3c(c2)c2ccccc2c2ccc4c5ccccc5sc4c23)OC1(C)C. The molecule has 7 rings (SSSR count). The molecule has 2 nitrogen and oxygen atoms in total. The molecule has 0 N–H and O–H groups in total. The van der Waals surface area contributed by atoms with E-state index in [4.69, 9.17) is 9.31 Å². The van der Waals surface area contributed by atoms with E-state index in [1.807, 2.05) is 11.3 Å². The number of rotatable bonds is 1. The van der Waals surface area contributed by atoms with Gasteiger partial charge in [-0.3, -0.25) is 0 Å². The monoisotopic (exact) mass is 460 g/mol. The first-order chi connectivity index (χ1) is 16.3. The molecule has 0 saturated carbocycles. The van der Waals surface area contributed by atoms with Crippen molar-refractivity contribution in [2.24, 2.45) is 0 Å². The number of benzene rings is 5. The van der Waals surface area contributed by atoms with Crippen molar-refractivity contribution in [1.82, 2.24) is 0 Å². The molecule has 4 heteroatoms. The van der Waals surface area contributed by atoms with Crippen LogP contribution in [0.25, 0.3) is 52.5 Å². The Kier molecular flexibility index (Phi) is 4.10. The summed E-state index contributed by atoms with van der Waals surface area (Å²) in [6.07, 6.45) is 0. The van der Waals surface area contributed by atoms with Gasteiger partial charge in [-0.05, 0) is 66.2 Å². The Bertz CT molecular complexity index is 1760. The van der Waals surface area contributed by atoms with E-state index < -0.39 is 0 Å². The van der Waals surface area contributed by atoms with Crippen molar-refractivity contribution in [2.75, 3.05) is 0 Å². The molecule has 0 spiro atoms. The summed E-state index contributed by atoms with van der Waals surface area (Å²) in [6, 6.07) is 28.8. The number of thiophene rings is 1. The van der Waals surface area contributed by atoms with E-state index in [0.717, 1.165) is 5.46 Å². The van der Waals surface area contributed by atoms with Crippen LogP contribution >= 0.6 is 11.3 Å². The van der Waals surface area contributed by atoms with E-state index >= 15 is 0 Å². The van der Waals surface area contributed by atoms with Crippen LogP contribution in [0.2, 0.25) is 0 Å². The highest BCUT2D eigenvalue weighted by atomic mass is 32.1. The van der Waals surface area contributed by atoms with E-state index in [1.165, 1.54) is 52.5 Å². The van der Waals surface area contributed by atoms with Gasteiger partial charge in [0.25, 0.3) is 0 Å². The summed E-state index contributed by atoms with van der Waals surface area (Å²) in [5.41, 5.74) is 0.349. The predicted molar refractivity (Wildman–Crippen MR) is 148 cm³/mol. The molecule has 0 aliphatic carbocycles. The molecule has 2 heterocycles. The normalized spacial score (nSPS) is 17.6. The number of hydrogen-bond acceptors (Lipinski definition) is 3. The van der Waals surface area contributed by atoms with Gasteiger partial charge in [-0.25, -0.2) is 0 Å². The topological polar surface area (TPSA) is 18.5 Å². The smallest absolute Gasteiger partial charge is 0.399 e. The standard InChI is InChI=1S/C30H25BO2S/c1-29(2)30(3,4)33-31(32-29)18-13-14-23-25(17-18)20-10-6-5-9-19(20)22-15-16-24-21-11-7-8-12-26(21)34-28(24)27(22)23/h5-17H,1-4H3. The molecule has 166 valence electrons. The van der Waals surface area contributed by atoms with E-state index in [1.54, 1.807) is 0 Å². The van der Waals surface area contributed by atoms with Crippen LogP contribution in [0.15, 0.2) is 78.9 Å². The Hall–Kier alpha value is -2.92. The molecular weight excluding hydrogens is 435 g/mol. The molecule has 1 saturated heterocycles. The van der Waals surface area contributed by atoms with Crippen LogP contribution in [0, 0.1) is 0 Å². The Morgan fingerprint density at radius 1 is 0.588 bits per heavy atom. The Labute approximate surface area is 203 Å². The summed E-state index contributed by atoms with van der Waals surface area (Å²) in [5.74, 6) is 0. The molecule has 1 aliphatic rings. The molecule has 0 radical (unpaired) electrons. The highest BCUT2D eigenvalue weighted by molar-refractivity contribution is 7.26. The van der Waals surface area contributed by atoms with Crippen molar-refractivity contribution in [3.63, 3.8) is 0 Å². The van der Waals surface area contributed by atoms with Crippen LogP contribution in [0.5, 0.6) is 0 Å². The highest BCUT2D eigenvalue weighted by Gasteiger charge is 2.51. The largest absolute Gasteiger partial charge is 0.494 e. The maximum atomic E-state index is 6.39. The molecule has 1 aromatic heterocycles. The van der Waals surface area contributed by atoms with Crippen molar-refractivity contribution in [3.05, 3.63) is 78.9 Å². The zero-order valence-electron chi connectivity index (χ0n) is 19.8. The summed E-state index contributed by atoms with van der Waals surface area (Å²) in [4.78, 5) is 0. The van der Waals surface area contributed by atoms with E-state index in [2.05, 4.69) is 107 Å². The molecule has 1 fully saturated rings. The Morgan fingerprint density at radius 2 is 1.15 bits per heavy atom. The molecule has 0 unspecified atom stereocenters. The van der Waals surface area contributed by atoms with Gasteiger partial charge < -0.3 is 9.31 Å². The molecule has 1 aliphatic heterocycles. The van der Waals surface area contributed by atoms with Gasteiger partial charge in [0.05, 0.1) is 11.2 Å².